The number of carbonyl (C=O) groups is 1. The maximum Gasteiger partial charge on any atom is 0.362 e. The maximum absolute atomic E-state index is 10.9. The summed E-state index contributed by atoms with van der Waals surface area (Å²) in [6, 6.07) is 0. The summed E-state index contributed by atoms with van der Waals surface area (Å²) < 4.78 is 5.39. The average molecular weight is 195 g/mol. The zero-order valence-corrected chi connectivity index (χ0v) is 8.69. The maximum atomic E-state index is 10.9. The second kappa shape index (κ2) is 6.03. The zero-order chi connectivity index (χ0) is 8.91. The van der Waals surface area contributed by atoms with Gasteiger partial charge < -0.3 is 9.22 Å². The molecule has 0 unspecified atom stereocenters. The van der Waals surface area contributed by atoms with E-state index in [1.807, 2.05) is 21.1 Å². The minimum Gasteiger partial charge on any atom is -0.457 e. The van der Waals surface area contributed by atoms with Crippen LogP contribution in [0.25, 0.3) is 0 Å². The van der Waals surface area contributed by atoms with Gasteiger partial charge >= 0.3 is 5.97 Å². The van der Waals surface area contributed by atoms with Crippen LogP contribution in [0.2, 0.25) is 0 Å². The number of hydrogen-bond donors (Lipinski definition) is 0. The Hall–Kier alpha value is -0.540. The predicted molar refractivity (Wildman–Crippen MR) is 51.3 cm³/mol. The summed E-state index contributed by atoms with van der Waals surface area (Å²) in [4.78, 5) is 10.9. The number of ether oxygens (including phenoxy) is 1. The third kappa shape index (κ3) is 9.46. The van der Waals surface area contributed by atoms with Crippen LogP contribution < -0.4 is 0 Å². The van der Waals surface area contributed by atoms with Crippen LogP contribution in [0.5, 0.6) is 0 Å². The van der Waals surface area contributed by atoms with Crippen molar-refractivity contribution in [1.82, 2.24) is 0 Å². The highest BCUT2D eigenvalue weighted by Gasteiger charge is 2.14. The summed E-state index contributed by atoms with van der Waals surface area (Å²) in [7, 11) is 5.82. The van der Waals surface area contributed by atoms with Crippen molar-refractivity contribution in [2.24, 2.45) is 0 Å². The Labute approximate surface area is 80.0 Å². The second-order valence-corrected chi connectivity index (χ2v) is 3.42. The molecule has 0 rings (SSSR count). The molecule has 0 heterocycles. The molecular weight excluding hydrogens is 178 g/mol. The van der Waals surface area contributed by atoms with Gasteiger partial charge in [0, 0.05) is 0 Å². The third-order valence-electron chi connectivity index (χ3n) is 0.966. The van der Waals surface area contributed by atoms with E-state index >= 15 is 0 Å². The highest BCUT2D eigenvalue weighted by Crippen LogP contribution is 1.91. The van der Waals surface area contributed by atoms with E-state index in [1.165, 1.54) is 0 Å². The first-order valence-corrected chi connectivity index (χ1v) is 3.52. The molecule has 0 aliphatic carbocycles. The molecule has 0 saturated carbocycles. The first-order valence-electron chi connectivity index (χ1n) is 3.52. The minimum absolute atomic E-state index is 0. The van der Waals surface area contributed by atoms with Crippen LogP contribution in [0, 0.1) is 0 Å². The fourth-order valence-electron chi connectivity index (χ4n) is 0.585. The van der Waals surface area contributed by atoms with Crippen molar-refractivity contribution in [3.05, 3.63) is 12.7 Å². The van der Waals surface area contributed by atoms with Crippen LogP contribution in [0.1, 0.15) is 0 Å². The molecule has 0 spiro atoms. The molecule has 4 heteroatoms. The van der Waals surface area contributed by atoms with Crippen molar-refractivity contribution >= 4 is 18.4 Å². The van der Waals surface area contributed by atoms with Crippen LogP contribution in [0.15, 0.2) is 12.7 Å². The van der Waals surface area contributed by atoms with Gasteiger partial charge in [-0.05, 0) is 0 Å². The summed E-state index contributed by atoms with van der Waals surface area (Å²) in [6.45, 7) is 4.15. The number of carbonyl (C=O) groups excluding carboxylic acids is 1. The monoisotopic (exact) mass is 194 g/mol. The van der Waals surface area contributed by atoms with E-state index in [1.54, 1.807) is 6.08 Å². The summed E-state index contributed by atoms with van der Waals surface area (Å²) in [5.41, 5.74) is 0. The van der Waals surface area contributed by atoms with E-state index in [-0.39, 0.29) is 18.4 Å². The molecule has 3 nitrogen and oxygen atoms in total. The molecule has 0 fully saturated rings. The number of rotatable bonds is 4. The molecule has 0 amide bonds. The largest absolute Gasteiger partial charge is 0.457 e. The predicted octanol–water partition coefficient (Wildman–Crippen LogP) is 0.844. The molecule has 0 aromatic carbocycles. The minimum atomic E-state index is -0.183. The molecule has 0 aliphatic rings. The third-order valence-corrected chi connectivity index (χ3v) is 0.966. The molecule has 0 bridgehead atoms. The van der Waals surface area contributed by atoms with Gasteiger partial charge in [0.2, 0.25) is 0 Å². The quantitative estimate of drug-likeness (QED) is 0.377. The molecule has 72 valence electrons. The van der Waals surface area contributed by atoms with Gasteiger partial charge in [-0.25, -0.2) is 4.79 Å². The normalized spacial score (nSPS) is 9.92. The SMILES string of the molecule is C=CCOC(=O)C[N+](C)(C)C.Cl. The van der Waals surface area contributed by atoms with Gasteiger partial charge in [-0.1, -0.05) is 12.7 Å². The number of halogens is 1. The van der Waals surface area contributed by atoms with Crippen molar-refractivity contribution in [3.63, 3.8) is 0 Å². The first-order chi connectivity index (χ1) is 4.95. The lowest BCUT2D eigenvalue weighted by Gasteiger charge is -2.21. The van der Waals surface area contributed by atoms with E-state index < -0.39 is 0 Å². The lowest BCUT2D eigenvalue weighted by molar-refractivity contribution is -0.862. The molecular formula is C8H17ClNO2+. The van der Waals surface area contributed by atoms with Crippen LogP contribution in [-0.4, -0.2) is 44.7 Å². The van der Waals surface area contributed by atoms with Crippen LogP contribution in [0.4, 0.5) is 0 Å². The fourth-order valence-corrected chi connectivity index (χ4v) is 0.585. The number of quaternary nitrogens is 1. The Balaban J connectivity index is 0. The topological polar surface area (TPSA) is 26.3 Å². The van der Waals surface area contributed by atoms with Crippen LogP contribution in [0.3, 0.4) is 0 Å². The molecule has 12 heavy (non-hydrogen) atoms. The van der Waals surface area contributed by atoms with Crippen molar-refractivity contribution < 1.29 is 14.0 Å². The van der Waals surface area contributed by atoms with E-state index in [0.717, 1.165) is 0 Å². The number of likely N-dealkylation sites (N-methyl/N-ethyl adjacent to an activating group) is 1. The van der Waals surface area contributed by atoms with Gasteiger partial charge in [-0.2, -0.15) is 0 Å². The van der Waals surface area contributed by atoms with E-state index in [4.69, 9.17) is 4.74 Å². The van der Waals surface area contributed by atoms with Gasteiger partial charge in [0.1, 0.15) is 6.61 Å². The highest BCUT2D eigenvalue weighted by atomic mass is 35.5. The second-order valence-electron chi connectivity index (χ2n) is 3.42. The molecule has 0 radical (unpaired) electrons. The van der Waals surface area contributed by atoms with Crippen molar-refractivity contribution in [2.75, 3.05) is 34.3 Å². The summed E-state index contributed by atoms with van der Waals surface area (Å²) >= 11 is 0. The fraction of sp³-hybridized carbons (Fsp3) is 0.625. The lowest BCUT2D eigenvalue weighted by Crippen LogP contribution is -2.40. The Morgan fingerprint density at radius 3 is 2.33 bits per heavy atom. The van der Waals surface area contributed by atoms with Crippen molar-refractivity contribution in [3.8, 4) is 0 Å². The van der Waals surface area contributed by atoms with E-state index in [0.29, 0.717) is 17.6 Å². The van der Waals surface area contributed by atoms with Gasteiger partial charge in [-0.3, -0.25) is 0 Å². The lowest BCUT2D eigenvalue weighted by atomic mass is 10.5. The van der Waals surface area contributed by atoms with Gasteiger partial charge in [-0.15, -0.1) is 12.4 Å². The molecule has 0 aromatic heterocycles. The summed E-state index contributed by atoms with van der Waals surface area (Å²) in [5.74, 6) is -0.183. The average Bonchev–Trinajstić information content (AvgIpc) is 1.79. The molecule has 0 N–H and O–H groups in total. The van der Waals surface area contributed by atoms with Gasteiger partial charge in [0.05, 0.1) is 21.1 Å². The smallest absolute Gasteiger partial charge is 0.362 e. The van der Waals surface area contributed by atoms with Gasteiger partial charge in [0.15, 0.2) is 6.54 Å². The summed E-state index contributed by atoms with van der Waals surface area (Å²) in [5, 5.41) is 0. The zero-order valence-electron chi connectivity index (χ0n) is 7.87. The molecule has 0 atom stereocenters. The number of esters is 1. The Bertz CT molecular complexity index is 152. The van der Waals surface area contributed by atoms with Gasteiger partial charge in [0.25, 0.3) is 0 Å². The Morgan fingerprint density at radius 1 is 1.50 bits per heavy atom. The first kappa shape index (κ1) is 14.0. The number of hydrogen-bond acceptors (Lipinski definition) is 2. The standard InChI is InChI=1S/C8H16NO2.ClH/c1-5-6-11-8(10)7-9(2,3)4;/h5H,1,6-7H2,2-4H3;1H/q+1;. The van der Waals surface area contributed by atoms with E-state index in [9.17, 15) is 4.79 Å². The van der Waals surface area contributed by atoms with Crippen LogP contribution in [-0.2, 0) is 9.53 Å². The Kier molecular flexibility index (Phi) is 7.04. The molecule has 0 aliphatic heterocycles. The summed E-state index contributed by atoms with van der Waals surface area (Å²) in [6.07, 6.45) is 1.56. The molecule has 0 aromatic rings. The molecule has 0 saturated heterocycles. The van der Waals surface area contributed by atoms with E-state index in [2.05, 4.69) is 6.58 Å². The Morgan fingerprint density at radius 2 is 2.00 bits per heavy atom. The van der Waals surface area contributed by atoms with Crippen molar-refractivity contribution in [2.45, 2.75) is 0 Å². The number of nitrogens with zero attached hydrogens (tertiary/aromatic N) is 1. The van der Waals surface area contributed by atoms with Crippen LogP contribution >= 0.6 is 12.4 Å². The van der Waals surface area contributed by atoms with Crippen molar-refractivity contribution in [1.29, 1.82) is 0 Å². The highest BCUT2D eigenvalue weighted by molar-refractivity contribution is 5.85.